The molecule has 0 aromatic heterocycles. The van der Waals surface area contributed by atoms with Crippen LogP contribution in [0, 0.1) is 0 Å². The smallest absolute Gasteiger partial charge is 0.311 e. The average molecular weight is 451 g/mol. The Morgan fingerprint density at radius 2 is 0.500 bits per heavy atom. The molecule has 0 aliphatic carbocycles. The molecule has 0 radical (unpaired) electrons. The van der Waals surface area contributed by atoms with Crippen molar-refractivity contribution in [2.24, 2.45) is 0 Å². The third kappa shape index (κ3) is 7.96. The van der Waals surface area contributed by atoms with Crippen LogP contribution in [0.4, 0.5) is 0 Å². The Hall–Kier alpha value is -1.52. The Balaban J connectivity index is 0. The molecule has 6 heteroatoms. The molecule has 0 saturated carbocycles. The molecule has 0 aliphatic rings. The second-order valence-corrected chi connectivity index (χ2v) is 9.67. The molecule has 0 amide bonds. The van der Waals surface area contributed by atoms with E-state index in [9.17, 15) is 0 Å². The van der Waals surface area contributed by atoms with Crippen molar-refractivity contribution >= 4 is 7.87 Å². The summed E-state index contributed by atoms with van der Waals surface area (Å²) in [6, 6.07) is 0. The highest BCUT2D eigenvalue weighted by Gasteiger charge is 2.59. The summed E-state index contributed by atoms with van der Waals surface area (Å²) in [6.45, 7) is 37.8. The second kappa shape index (κ2) is 18.3. The molecule has 30 heavy (non-hydrogen) atoms. The first-order valence-corrected chi connectivity index (χ1v) is 11.5. The Labute approximate surface area is 192 Å². The van der Waals surface area contributed by atoms with Crippen LogP contribution in [0.15, 0.2) is 101 Å². The van der Waals surface area contributed by atoms with Gasteiger partial charge < -0.3 is 12.4 Å². The Bertz CT molecular complexity index is 434. The van der Waals surface area contributed by atoms with E-state index < -0.39 is 7.87 Å². The van der Waals surface area contributed by atoms with Gasteiger partial charge in [0.2, 0.25) is 0 Å². The van der Waals surface area contributed by atoms with Gasteiger partial charge in [-0.05, 0) is 0 Å². The van der Waals surface area contributed by atoms with E-state index in [2.05, 4.69) is 71.3 Å². The number of hydrogen-bond donors (Lipinski definition) is 0. The first-order valence-electron chi connectivity index (χ1n) is 9.86. The topological polar surface area (TPSA) is 13.0 Å². The van der Waals surface area contributed by atoms with Crippen LogP contribution >= 0.6 is 7.87 Å². The molecular weight excluding hydrogens is 411 g/mol. The van der Waals surface area contributed by atoms with E-state index in [0.717, 1.165) is 0 Å². The van der Waals surface area contributed by atoms with E-state index in [4.69, 9.17) is 0 Å². The van der Waals surface area contributed by atoms with Crippen molar-refractivity contribution in [3.05, 3.63) is 101 Å². The summed E-state index contributed by atoms with van der Waals surface area (Å²) in [5.74, 6) is 0. The fourth-order valence-electron chi connectivity index (χ4n) is 3.44. The summed E-state index contributed by atoms with van der Waals surface area (Å²) in [7, 11) is -2.31. The quantitative estimate of drug-likeness (QED) is 0.208. The van der Waals surface area contributed by atoms with Gasteiger partial charge in [-0.15, -0.1) is 71.3 Å². The van der Waals surface area contributed by atoms with Gasteiger partial charge in [0, 0.05) is 0 Å². The molecule has 0 aliphatic heterocycles. The highest BCUT2D eigenvalue weighted by molar-refractivity contribution is 7.66. The van der Waals surface area contributed by atoms with Gasteiger partial charge in [0.25, 0.3) is 0 Å². The van der Waals surface area contributed by atoms with Crippen LogP contribution in [-0.4, -0.2) is 71.0 Å². The van der Waals surface area contributed by atoms with Crippen LogP contribution in [0.2, 0.25) is 0 Å². The van der Waals surface area contributed by atoms with Crippen molar-refractivity contribution < 1.29 is 12.4 Å². The molecule has 0 atom stereocenters. The fraction of sp³-hybridized carbons (Fsp3) is 0.333. The standard InChI is InChI=1S/C24H40N4P.ClH/c1-9-17-25(18-10-2)29(26(19-11-3)20-12-4,27(21-13-5)22-14-6)28(23-15-7)24-16-8;/h9-16H,1-8,17-24H2;1H/q+1;/p-1. The molecule has 0 saturated heterocycles. The van der Waals surface area contributed by atoms with Crippen LogP contribution in [-0.2, 0) is 0 Å². The molecule has 0 aromatic carbocycles. The first-order chi connectivity index (χ1) is 14.1. The van der Waals surface area contributed by atoms with Crippen LogP contribution in [0.3, 0.4) is 0 Å². The van der Waals surface area contributed by atoms with E-state index in [-0.39, 0.29) is 12.4 Å². The molecule has 0 N–H and O–H groups in total. The highest BCUT2D eigenvalue weighted by atomic mass is 35.5. The Morgan fingerprint density at radius 1 is 0.367 bits per heavy atom. The van der Waals surface area contributed by atoms with Gasteiger partial charge in [-0.1, -0.05) is 48.6 Å². The van der Waals surface area contributed by atoms with E-state index >= 15 is 0 Å². The van der Waals surface area contributed by atoms with E-state index in [1.807, 2.05) is 48.6 Å². The van der Waals surface area contributed by atoms with Crippen molar-refractivity contribution in [3.63, 3.8) is 0 Å². The maximum atomic E-state index is 4.02. The fourth-order valence-corrected chi connectivity index (χ4v) is 8.26. The predicted octanol–water partition coefficient (Wildman–Crippen LogP) is 2.36. The number of halogens is 1. The van der Waals surface area contributed by atoms with Gasteiger partial charge in [0.05, 0.1) is 52.4 Å². The summed E-state index contributed by atoms with van der Waals surface area (Å²) < 4.78 is 9.78. The minimum atomic E-state index is -2.31. The molecule has 0 fully saturated rings. The summed E-state index contributed by atoms with van der Waals surface area (Å²) in [4.78, 5) is 0. The summed E-state index contributed by atoms with van der Waals surface area (Å²) in [5, 5.41) is 0. The van der Waals surface area contributed by atoms with Crippen LogP contribution in [0.5, 0.6) is 0 Å². The van der Waals surface area contributed by atoms with E-state index in [1.165, 1.54) is 0 Å². The predicted molar refractivity (Wildman–Crippen MR) is 135 cm³/mol. The van der Waals surface area contributed by atoms with Crippen molar-refractivity contribution in [1.29, 1.82) is 0 Å². The lowest BCUT2D eigenvalue weighted by Gasteiger charge is -2.50. The lowest BCUT2D eigenvalue weighted by Crippen LogP contribution is -3.00. The molecule has 4 nitrogen and oxygen atoms in total. The normalized spacial score (nSPS) is 11.1. The Kier molecular flexibility index (Phi) is 18.7. The monoisotopic (exact) mass is 450 g/mol. The van der Waals surface area contributed by atoms with Crippen LogP contribution < -0.4 is 12.4 Å². The SMILES string of the molecule is C=CCN(CC=C)[P+](N(CC=C)CC=C)(N(CC=C)CC=C)N(CC=C)CC=C.[Cl-]. The lowest BCUT2D eigenvalue weighted by molar-refractivity contribution is -0.00000629. The van der Waals surface area contributed by atoms with Crippen molar-refractivity contribution in [1.82, 2.24) is 18.7 Å². The van der Waals surface area contributed by atoms with E-state index in [1.54, 1.807) is 0 Å². The van der Waals surface area contributed by atoms with Gasteiger partial charge in [-0.3, -0.25) is 0 Å². The van der Waals surface area contributed by atoms with Gasteiger partial charge in [0.15, 0.2) is 0 Å². The molecular formula is C24H40ClN4P. The van der Waals surface area contributed by atoms with E-state index in [0.29, 0.717) is 52.4 Å². The zero-order valence-corrected chi connectivity index (χ0v) is 20.2. The average Bonchev–Trinajstić information content (AvgIpc) is 2.70. The molecule has 0 rings (SSSR count). The van der Waals surface area contributed by atoms with Gasteiger partial charge in [0.1, 0.15) is 0 Å². The molecule has 0 unspecified atom stereocenters. The maximum Gasteiger partial charge on any atom is 0.311 e. The first kappa shape index (κ1) is 30.7. The number of nitrogens with zero attached hydrogens (tertiary/aromatic N) is 4. The van der Waals surface area contributed by atoms with Crippen molar-refractivity contribution in [2.45, 2.75) is 0 Å². The number of rotatable bonds is 20. The molecule has 168 valence electrons. The van der Waals surface area contributed by atoms with Gasteiger partial charge >= 0.3 is 7.87 Å². The lowest BCUT2D eigenvalue weighted by atomic mass is 10.5. The molecule has 0 aromatic rings. The summed E-state index contributed by atoms with van der Waals surface area (Å²) in [5.41, 5.74) is 0. The van der Waals surface area contributed by atoms with Gasteiger partial charge in [-0.25, -0.2) is 0 Å². The zero-order valence-electron chi connectivity index (χ0n) is 18.5. The van der Waals surface area contributed by atoms with Crippen molar-refractivity contribution in [2.75, 3.05) is 52.4 Å². The minimum Gasteiger partial charge on any atom is -1.00 e. The molecule has 0 heterocycles. The maximum absolute atomic E-state index is 4.02. The molecule has 0 bridgehead atoms. The second-order valence-electron chi connectivity index (χ2n) is 6.33. The minimum absolute atomic E-state index is 0. The number of hydrogen-bond acceptors (Lipinski definition) is 4. The van der Waals surface area contributed by atoms with Crippen molar-refractivity contribution in [3.8, 4) is 0 Å². The summed E-state index contributed by atoms with van der Waals surface area (Å²) in [6.07, 6.45) is 15.5. The van der Waals surface area contributed by atoms with Crippen LogP contribution in [0.25, 0.3) is 0 Å². The largest absolute Gasteiger partial charge is 1.00 e. The third-order valence-electron chi connectivity index (χ3n) is 4.24. The van der Waals surface area contributed by atoms with Crippen LogP contribution in [0.1, 0.15) is 0 Å². The molecule has 0 spiro atoms. The summed E-state index contributed by atoms with van der Waals surface area (Å²) >= 11 is 0. The Morgan fingerprint density at radius 3 is 0.600 bits per heavy atom. The highest BCUT2D eigenvalue weighted by Crippen LogP contribution is 2.69. The third-order valence-corrected chi connectivity index (χ3v) is 8.58. The van der Waals surface area contributed by atoms with Gasteiger partial charge in [-0.2, -0.15) is 0 Å². The zero-order chi connectivity index (χ0) is 22.1.